The van der Waals surface area contributed by atoms with Crippen LogP contribution in [-0.4, -0.2) is 9.97 Å². The highest BCUT2D eigenvalue weighted by atomic mass is 14.9. The van der Waals surface area contributed by atoms with Gasteiger partial charge in [-0.1, -0.05) is 13.3 Å². The van der Waals surface area contributed by atoms with Gasteiger partial charge in [-0.25, -0.2) is 9.97 Å². The van der Waals surface area contributed by atoms with Crippen LogP contribution in [0.2, 0.25) is 0 Å². The molecule has 0 aliphatic heterocycles. The molecule has 60 valence electrons. The van der Waals surface area contributed by atoms with Gasteiger partial charge in [0.25, 0.3) is 0 Å². The normalized spacial score (nSPS) is 9.91. The van der Waals surface area contributed by atoms with E-state index in [0.717, 1.165) is 25.1 Å². The Morgan fingerprint density at radius 2 is 2.36 bits per heavy atom. The van der Waals surface area contributed by atoms with Crippen molar-refractivity contribution in [2.45, 2.75) is 26.2 Å². The summed E-state index contributed by atoms with van der Waals surface area (Å²) >= 11 is 0. The third kappa shape index (κ3) is 2.53. The molecule has 0 aromatic carbocycles. The lowest BCUT2D eigenvalue weighted by atomic mass is 10.2. The highest BCUT2D eigenvalue weighted by molar-refractivity contribution is 5.24. The zero-order chi connectivity index (χ0) is 8.10. The van der Waals surface area contributed by atoms with Crippen molar-refractivity contribution in [1.29, 1.82) is 0 Å². The van der Waals surface area contributed by atoms with Gasteiger partial charge in [-0.05, 0) is 12.5 Å². The van der Waals surface area contributed by atoms with Crippen LogP contribution in [0.4, 0.5) is 5.82 Å². The predicted octanol–water partition coefficient (Wildman–Crippen LogP) is 1.40. The van der Waals surface area contributed by atoms with E-state index in [2.05, 4.69) is 16.9 Å². The summed E-state index contributed by atoms with van der Waals surface area (Å²) in [5, 5.41) is 0. The molecule has 1 rings (SSSR count). The number of nitrogens with zero attached hydrogens (tertiary/aromatic N) is 2. The molecule has 0 saturated carbocycles. The molecule has 0 aliphatic rings. The van der Waals surface area contributed by atoms with Crippen molar-refractivity contribution in [3.05, 3.63) is 18.1 Å². The fraction of sp³-hybridized carbons (Fsp3) is 0.500. The first-order valence-corrected chi connectivity index (χ1v) is 3.90. The molecule has 0 atom stereocenters. The second-order valence-electron chi connectivity index (χ2n) is 2.50. The molecule has 1 heterocycles. The van der Waals surface area contributed by atoms with Crippen LogP contribution in [0.3, 0.4) is 0 Å². The van der Waals surface area contributed by atoms with E-state index in [1.807, 2.05) is 0 Å². The van der Waals surface area contributed by atoms with Crippen molar-refractivity contribution >= 4 is 5.82 Å². The van der Waals surface area contributed by atoms with Crippen molar-refractivity contribution in [3.63, 3.8) is 0 Å². The lowest BCUT2D eigenvalue weighted by Crippen LogP contribution is -1.98. The summed E-state index contributed by atoms with van der Waals surface area (Å²) in [5.74, 6) is 1.41. The van der Waals surface area contributed by atoms with Crippen LogP contribution in [0.25, 0.3) is 0 Å². The summed E-state index contributed by atoms with van der Waals surface area (Å²) in [4.78, 5) is 8.16. The van der Waals surface area contributed by atoms with Crippen molar-refractivity contribution in [1.82, 2.24) is 9.97 Å². The SMILES string of the molecule is CCCCc1nccc(N)n1. The van der Waals surface area contributed by atoms with Crippen LogP contribution >= 0.6 is 0 Å². The first kappa shape index (κ1) is 7.98. The van der Waals surface area contributed by atoms with E-state index in [1.54, 1.807) is 12.3 Å². The minimum Gasteiger partial charge on any atom is -0.384 e. The van der Waals surface area contributed by atoms with Gasteiger partial charge in [-0.15, -0.1) is 0 Å². The van der Waals surface area contributed by atoms with Gasteiger partial charge in [0.15, 0.2) is 0 Å². The van der Waals surface area contributed by atoms with E-state index >= 15 is 0 Å². The molecule has 3 heteroatoms. The molecule has 1 aromatic heterocycles. The molecular formula is C8H13N3. The van der Waals surface area contributed by atoms with Crippen molar-refractivity contribution in [2.24, 2.45) is 0 Å². The minimum atomic E-state index is 0.561. The number of nitrogen functional groups attached to an aromatic ring is 1. The number of aromatic nitrogens is 2. The van der Waals surface area contributed by atoms with Gasteiger partial charge in [0.2, 0.25) is 0 Å². The highest BCUT2D eigenvalue weighted by Crippen LogP contribution is 2.00. The molecule has 2 N–H and O–H groups in total. The van der Waals surface area contributed by atoms with Gasteiger partial charge in [-0.2, -0.15) is 0 Å². The molecule has 0 unspecified atom stereocenters. The van der Waals surface area contributed by atoms with Gasteiger partial charge in [-0.3, -0.25) is 0 Å². The maximum atomic E-state index is 5.48. The summed E-state index contributed by atoms with van der Waals surface area (Å²) in [5.41, 5.74) is 5.48. The molecule has 0 saturated heterocycles. The number of rotatable bonds is 3. The first-order chi connectivity index (χ1) is 5.33. The third-order valence-electron chi connectivity index (χ3n) is 1.48. The molecule has 0 aliphatic carbocycles. The van der Waals surface area contributed by atoms with Gasteiger partial charge < -0.3 is 5.73 Å². The van der Waals surface area contributed by atoms with Crippen LogP contribution < -0.4 is 5.73 Å². The quantitative estimate of drug-likeness (QED) is 0.710. The zero-order valence-corrected chi connectivity index (χ0v) is 6.75. The standard InChI is InChI=1S/C8H13N3/c1-2-3-4-8-10-6-5-7(9)11-8/h5-6H,2-4H2,1H3,(H2,9,10,11). The van der Waals surface area contributed by atoms with E-state index in [-0.39, 0.29) is 0 Å². The smallest absolute Gasteiger partial charge is 0.130 e. The Morgan fingerprint density at radius 1 is 1.55 bits per heavy atom. The molecule has 11 heavy (non-hydrogen) atoms. The topological polar surface area (TPSA) is 51.8 Å². The van der Waals surface area contributed by atoms with E-state index in [1.165, 1.54) is 0 Å². The van der Waals surface area contributed by atoms with Crippen molar-refractivity contribution in [2.75, 3.05) is 5.73 Å². The zero-order valence-electron chi connectivity index (χ0n) is 6.75. The Bertz CT molecular complexity index is 222. The monoisotopic (exact) mass is 151 g/mol. The maximum Gasteiger partial charge on any atom is 0.130 e. The van der Waals surface area contributed by atoms with Crippen LogP contribution in [0.15, 0.2) is 12.3 Å². The molecule has 1 aromatic rings. The van der Waals surface area contributed by atoms with Crippen molar-refractivity contribution in [3.8, 4) is 0 Å². The van der Waals surface area contributed by atoms with E-state index in [4.69, 9.17) is 5.73 Å². The summed E-state index contributed by atoms with van der Waals surface area (Å²) in [6.07, 6.45) is 4.93. The third-order valence-corrected chi connectivity index (χ3v) is 1.48. The molecular weight excluding hydrogens is 138 g/mol. The predicted molar refractivity (Wildman–Crippen MR) is 45.1 cm³/mol. The molecule has 0 radical (unpaired) electrons. The fourth-order valence-corrected chi connectivity index (χ4v) is 0.870. The van der Waals surface area contributed by atoms with E-state index in [0.29, 0.717) is 5.82 Å². The van der Waals surface area contributed by atoms with Gasteiger partial charge in [0.05, 0.1) is 0 Å². The van der Waals surface area contributed by atoms with Crippen molar-refractivity contribution < 1.29 is 0 Å². The number of unbranched alkanes of at least 4 members (excludes halogenated alkanes) is 1. The summed E-state index contributed by atoms with van der Waals surface area (Å²) in [7, 11) is 0. The Kier molecular flexibility index (Phi) is 2.83. The highest BCUT2D eigenvalue weighted by Gasteiger charge is 1.94. The molecule has 3 nitrogen and oxygen atoms in total. The average molecular weight is 151 g/mol. The van der Waals surface area contributed by atoms with Gasteiger partial charge in [0.1, 0.15) is 11.6 Å². The van der Waals surface area contributed by atoms with Crippen LogP contribution in [-0.2, 0) is 6.42 Å². The Labute approximate surface area is 66.7 Å². The average Bonchev–Trinajstić information content (AvgIpc) is 2.01. The summed E-state index contributed by atoms with van der Waals surface area (Å²) < 4.78 is 0. The minimum absolute atomic E-state index is 0.561. The number of aryl methyl sites for hydroxylation is 1. The van der Waals surface area contributed by atoms with E-state index in [9.17, 15) is 0 Å². The molecule has 0 amide bonds. The van der Waals surface area contributed by atoms with E-state index < -0.39 is 0 Å². The number of hydrogen-bond donors (Lipinski definition) is 1. The van der Waals surface area contributed by atoms with Gasteiger partial charge >= 0.3 is 0 Å². The largest absolute Gasteiger partial charge is 0.384 e. The second kappa shape index (κ2) is 3.91. The fourth-order valence-electron chi connectivity index (χ4n) is 0.870. The Hall–Kier alpha value is -1.12. The number of nitrogens with two attached hydrogens (primary N) is 1. The lowest BCUT2D eigenvalue weighted by Gasteiger charge is -1.97. The Balaban J connectivity index is 2.56. The molecule has 0 fully saturated rings. The maximum absolute atomic E-state index is 5.48. The Morgan fingerprint density at radius 3 is 3.00 bits per heavy atom. The number of anilines is 1. The second-order valence-corrected chi connectivity index (χ2v) is 2.50. The van der Waals surface area contributed by atoms with Crippen LogP contribution in [0.5, 0.6) is 0 Å². The van der Waals surface area contributed by atoms with Crippen LogP contribution in [0, 0.1) is 0 Å². The molecule has 0 spiro atoms. The first-order valence-electron chi connectivity index (χ1n) is 3.90. The van der Waals surface area contributed by atoms with Crippen LogP contribution in [0.1, 0.15) is 25.6 Å². The molecule has 0 bridgehead atoms. The lowest BCUT2D eigenvalue weighted by molar-refractivity contribution is 0.753. The number of hydrogen-bond acceptors (Lipinski definition) is 3. The van der Waals surface area contributed by atoms with Gasteiger partial charge in [0, 0.05) is 12.6 Å². The summed E-state index contributed by atoms with van der Waals surface area (Å²) in [6.45, 7) is 2.15. The summed E-state index contributed by atoms with van der Waals surface area (Å²) in [6, 6.07) is 1.70.